The van der Waals surface area contributed by atoms with Gasteiger partial charge in [0.1, 0.15) is 0 Å². The van der Waals surface area contributed by atoms with Crippen LogP contribution in [-0.4, -0.2) is 5.33 Å². The minimum Gasteiger partial charge on any atom is -1.00 e. The summed E-state index contributed by atoms with van der Waals surface area (Å²) in [6.45, 7) is 2.13. The number of hydrogen-bond donors (Lipinski definition) is 0. The maximum atomic E-state index is 3.25. The zero-order chi connectivity index (χ0) is 3.41. The van der Waals surface area contributed by atoms with Crippen LogP contribution in [0.5, 0.6) is 0 Å². The first-order chi connectivity index (χ1) is 1.91. The van der Waals surface area contributed by atoms with E-state index in [4.69, 9.17) is 0 Å². The van der Waals surface area contributed by atoms with Crippen LogP contribution in [0.2, 0.25) is 0 Å². The van der Waals surface area contributed by atoms with Gasteiger partial charge in [0.15, 0.2) is 0 Å². The molecule has 0 saturated heterocycles. The van der Waals surface area contributed by atoms with E-state index in [0.717, 1.165) is 5.33 Å². The fourth-order valence-corrected chi connectivity index (χ4v) is 0. The first-order valence-electron chi connectivity index (χ1n) is 1.47. The summed E-state index contributed by atoms with van der Waals surface area (Å²) >= 11 is 3.25. The SMILES string of the molecule is CCCBr.[H-].[Na+]. The van der Waals surface area contributed by atoms with Crippen LogP contribution < -0.4 is 29.6 Å². The molecule has 0 bridgehead atoms. The number of hydrogen-bond acceptors (Lipinski definition) is 0. The van der Waals surface area contributed by atoms with Crippen molar-refractivity contribution in [1.29, 1.82) is 0 Å². The quantitative estimate of drug-likeness (QED) is 0.326. The third-order valence-corrected chi connectivity index (χ3v) is 0.982. The second kappa shape index (κ2) is 9.08. The largest absolute Gasteiger partial charge is 1.00 e. The van der Waals surface area contributed by atoms with Gasteiger partial charge in [-0.1, -0.05) is 22.9 Å². The molecule has 0 saturated carbocycles. The van der Waals surface area contributed by atoms with Gasteiger partial charge in [0, 0.05) is 5.33 Å². The minimum atomic E-state index is 0. The van der Waals surface area contributed by atoms with Gasteiger partial charge < -0.3 is 1.43 Å². The van der Waals surface area contributed by atoms with Crippen molar-refractivity contribution in [3.8, 4) is 0 Å². The predicted molar refractivity (Wildman–Crippen MR) is 25.2 cm³/mol. The number of alkyl halides is 1. The van der Waals surface area contributed by atoms with E-state index in [-0.39, 0.29) is 31.0 Å². The van der Waals surface area contributed by atoms with Crippen molar-refractivity contribution >= 4 is 15.9 Å². The number of halogens is 1. The summed E-state index contributed by atoms with van der Waals surface area (Å²) in [6.07, 6.45) is 1.24. The van der Waals surface area contributed by atoms with Crippen molar-refractivity contribution in [3.05, 3.63) is 0 Å². The molecule has 0 N–H and O–H groups in total. The molecule has 0 fully saturated rings. The first kappa shape index (κ1) is 9.70. The van der Waals surface area contributed by atoms with Gasteiger partial charge in [0.2, 0.25) is 0 Å². The molecule has 0 aromatic heterocycles. The summed E-state index contributed by atoms with van der Waals surface area (Å²) in [5, 5.41) is 1.13. The average Bonchev–Trinajstić information content (AvgIpc) is 1.37. The third-order valence-electron chi connectivity index (χ3n) is 0.189. The van der Waals surface area contributed by atoms with Gasteiger partial charge in [-0.3, -0.25) is 0 Å². The van der Waals surface area contributed by atoms with Crippen LogP contribution in [-0.2, 0) is 0 Å². The van der Waals surface area contributed by atoms with Gasteiger partial charge in [-0.25, -0.2) is 0 Å². The molecular weight excluding hydrogens is 139 g/mol. The van der Waals surface area contributed by atoms with E-state index in [2.05, 4.69) is 22.9 Å². The van der Waals surface area contributed by atoms with Gasteiger partial charge in [-0.15, -0.1) is 0 Å². The van der Waals surface area contributed by atoms with Gasteiger partial charge >= 0.3 is 29.6 Å². The molecular formula is C3H8BrNa. The van der Waals surface area contributed by atoms with Gasteiger partial charge in [0.25, 0.3) is 0 Å². The molecule has 0 aliphatic carbocycles. The Hall–Kier alpha value is 1.48. The van der Waals surface area contributed by atoms with Crippen LogP contribution in [0.1, 0.15) is 14.8 Å². The van der Waals surface area contributed by atoms with E-state index >= 15 is 0 Å². The summed E-state index contributed by atoms with van der Waals surface area (Å²) < 4.78 is 0. The van der Waals surface area contributed by atoms with Crippen LogP contribution in [0.4, 0.5) is 0 Å². The van der Waals surface area contributed by atoms with Crippen molar-refractivity contribution in [2.24, 2.45) is 0 Å². The molecule has 0 aliphatic heterocycles. The van der Waals surface area contributed by atoms with Crippen LogP contribution in [0, 0.1) is 0 Å². The maximum Gasteiger partial charge on any atom is 1.00 e. The molecule has 0 radical (unpaired) electrons. The van der Waals surface area contributed by atoms with Crippen molar-refractivity contribution in [1.82, 2.24) is 0 Å². The molecule has 0 spiro atoms. The van der Waals surface area contributed by atoms with E-state index in [1.165, 1.54) is 6.42 Å². The van der Waals surface area contributed by atoms with Gasteiger partial charge in [0.05, 0.1) is 0 Å². The first-order valence-corrected chi connectivity index (χ1v) is 2.60. The second-order valence-corrected chi connectivity index (χ2v) is 1.48. The molecule has 5 heavy (non-hydrogen) atoms. The van der Waals surface area contributed by atoms with Crippen LogP contribution in [0.25, 0.3) is 0 Å². The van der Waals surface area contributed by atoms with Crippen LogP contribution >= 0.6 is 15.9 Å². The Morgan fingerprint density at radius 1 is 1.80 bits per heavy atom. The Labute approximate surface area is 65.2 Å². The Balaban J connectivity index is -0.0000000450. The Bertz CT molecular complexity index is 12.8. The average molecular weight is 147 g/mol. The van der Waals surface area contributed by atoms with E-state index in [0.29, 0.717) is 0 Å². The monoisotopic (exact) mass is 146 g/mol. The van der Waals surface area contributed by atoms with Gasteiger partial charge in [-0.2, -0.15) is 0 Å². The zero-order valence-electron chi connectivity index (χ0n) is 4.79. The smallest absolute Gasteiger partial charge is 1.00 e. The van der Waals surface area contributed by atoms with Crippen molar-refractivity contribution in [2.75, 3.05) is 5.33 Å². The normalized spacial score (nSPS) is 6.00. The van der Waals surface area contributed by atoms with Crippen molar-refractivity contribution in [2.45, 2.75) is 13.3 Å². The van der Waals surface area contributed by atoms with E-state index in [1.807, 2.05) is 0 Å². The molecule has 0 heterocycles. The molecule has 0 aromatic rings. The van der Waals surface area contributed by atoms with E-state index in [9.17, 15) is 0 Å². The topological polar surface area (TPSA) is 0 Å². The fraction of sp³-hybridized carbons (Fsp3) is 1.00. The standard InChI is InChI=1S/C3H7Br.Na.H/c1-2-3-4;;/h2-3H2,1H3;;/q;+1;-1. The third kappa shape index (κ3) is 10.8. The van der Waals surface area contributed by atoms with Crippen molar-refractivity contribution in [3.63, 3.8) is 0 Å². The fourth-order valence-electron chi connectivity index (χ4n) is 0. The Morgan fingerprint density at radius 2 is 2.00 bits per heavy atom. The molecule has 0 amide bonds. The van der Waals surface area contributed by atoms with Gasteiger partial charge in [-0.05, 0) is 6.42 Å². The minimum absolute atomic E-state index is 0. The zero-order valence-corrected chi connectivity index (χ0v) is 7.38. The van der Waals surface area contributed by atoms with Crippen molar-refractivity contribution < 1.29 is 31.0 Å². The summed E-state index contributed by atoms with van der Waals surface area (Å²) in [6, 6.07) is 0. The molecule has 0 aromatic carbocycles. The molecule has 0 unspecified atom stereocenters. The van der Waals surface area contributed by atoms with Crippen LogP contribution in [0.15, 0.2) is 0 Å². The van der Waals surface area contributed by atoms with E-state index in [1.54, 1.807) is 0 Å². The summed E-state index contributed by atoms with van der Waals surface area (Å²) in [7, 11) is 0. The molecule has 0 atom stereocenters. The molecule has 28 valence electrons. The van der Waals surface area contributed by atoms with Crippen LogP contribution in [0.3, 0.4) is 0 Å². The Kier molecular flexibility index (Phi) is 17.6. The Morgan fingerprint density at radius 3 is 2.00 bits per heavy atom. The number of rotatable bonds is 1. The maximum absolute atomic E-state index is 3.25. The molecule has 0 nitrogen and oxygen atoms in total. The summed E-state index contributed by atoms with van der Waals surface area (Å²) in [4.78, 5) is 0. The summed E-state index contributed by atoms with van der Waals surface area (Å²) in [5.41, 5.74) is 0. The molecule has 0 rings (SSSR count). The second-order valence-electron chi connectivity index (χ2n) is 0.689. The summed E-state index contributed by atoms with van der Waals surface area (Å²) in [5.74, 6) is 0. The predicted octanol–water partition coefficient (Wildman–Crippen LogP) is -1.09. The molecule has 2 heteroatoms. The van der Waals surface area contributed by atoms with E-state index < -0.39 is 0 Å². The molecule has 0 aliphatic rings.